The minimum atomic E-state index is -0.751. The number of carboxylic acid groups (broad SMARTS) is 1. The lowest BCUT2D eigenvalue weighted by molar-refractivity contribution is -0.211. The number of hydrogen-bond acceptors (Lipinski definition) is 5. The van der Waals surface area contributed by atoms with Gasteiger partial charge in [-0.3, -0.25) is 14.4 Å². The fourth-order valence-electron chi connectivity index (χ4n) is 11.0. The Hall–Kier alpha value is -1.98. The Morgan fingerprint density at radius 3 is 2.30 bits per heavy atom. The molecule has 9 atom stereocenters. The van der Waals surface area contributed by atoms with Crippen molar-refractivity contribution < 1.29 is 29.0 Å². The van der Waals surface area contributed by atoms with Gasteiger partial charge in [-0.2, -0.15) is 0 Å². The highest BCUT2D eigenvalue weighted by molar-refractivity contribution is 5.95. The van der Waals surface area contributed by atoms with Crippen molar-refractivity contribution in [2.45, 2.75) is 125 Å². The predicted molar refractivity (Wildman–Crippen MR) is 152 cm³/mol. The number of allylic oxidation sites excluding steroid dienone is 2. The lowest BCUT2D eigenvalue weighted by atomic mass is 9.33. The maximum Gasteiger partial charge on any atom is 0.309 e. The number of aliphatic carboxylic acids is 1. The molecule has 0 unspecified atom stereocenters. The van der Waals surface area contributed by atoms with E-state index in [1.165, 1.54) is 5.57 Å². The highest BCUT2D eigenvalue weighted by Gasteiger charge is 2.70. The van der Waals surface area contributed by atoms with Gasteiger partial charge in [-0.15, -0.1) is 0 Å². The van der Waals surface area contributed by atoms with Crippen LogP contribution in [0.2, 0.25) is 0 Å². The van der Waals surface area contributed by atoms with Crippen LogP contribution in [-0.4, -0.2) is 35.2 Å². The first-order chi connectivity index (χ1) is 18.5. The molecule has 5 aliphatic carbocycles. The van der Waals surface area contributed by atoms with Gasteiger partial charge in [0.1, 0.15) is 12.4 Å². The summed E-state index contributed by atoms with van der Waals surface area (Å²) in [7, 11) is 0. The van der Waals surface area contributed by atoms with E-state index in [2.05, 4.69) is 41.5 Å². The average molecular weight is 555 g/mol. The maximum absolute atomic E-state index is 14.4. The number of carbonyl (C=O) groups is 4. The molecule has 0 aromatic carbocycles. The molecule has 5 rings (SSSR count). The molecule has 222 valence electrons. The minimum absolute atomic E-state index is 0.0403. The van der Waals surface area contributed by atoms with Crippen LogP contribution in [0.1, 0.15) is 119 Å². The monoisotopic (exact) mass is 554 g/mol. The minimum Gasteiger partial charge on any atom is -0.481 e. The molecule has 4 fully saturated rings. The molecule has 4 saturated carbocycles. The quantitative estimate of drug-likeness (QED) is 0.292. The number of ether oxygens (including phenoxy) is 1. The molecule has 0 aromatic heterocycles. The van der Waals surface area contributed by atoms with Crippen LogP contribution in [0.25, 0.3) is 0 Å². The molecule has 0 amide bonds. The third-order valence-corrected chi connectivity index (χ3v) is 13.8. The number of ketones is 1. The molecule has 5 aliphatic rings. The summed E-state index contributed by atoms with van der Waals surface area (Å²) in [6.07, 6.45) is 10.6. The van der Waals surface area contributed by atoms with E-state index in [9.17, 15) is 24.3 Å². The van der Waals surface area contributed by atoms with Gasteiger partial charge in [-0.05, 0) is 104 Å². The number of aldehydes is 1. The van der Waals surface area contributed by atoms with E-state index in [0.717, 1.165) is 51.2 Å². The van der Waals surface area contributed by atoms with Crippen LogP contribution in [0, 0.1) is 50.2 Å². The van der Waals surface area contributed by atoms with Crippen molar-refractivity contribution in [3.8, 4) is 0 Å². The van der Waals surface area contributed by atoms with Gasteiger partial charge in [0.15, 0.2) is 5.78 Å². The zero-order chi connectivity index (χ0) is 29.5. The lowest BCUT2D eigenvalue weighted by Crippen LogP contribution is -2.66. The largest absolute Gasteiger partial charge is 0.481 e. The Morgan fingerprint density at radius 2 is 1.65 bits per heavy atom. The molecule has 0 bridgehead atoms. The van der Waals surface area contributed by atoms with Crippen molar-refractivity contribution in [1.82, 2.24) is 0 Å². The van der Waals surface area contributed by atoms with Crippen molar-refractivity contribution in [1.29, 1.82) is 0 Å². The Labute approximate surface area is 240 Å². The molecule has 0 spiro atoms. The molecule has 0 heterocycles. The van der Waals surface area contributed by atoms with Crippen molar-refractivity contribution in [3.05, 3.63) is 11.6 Å². The van der Waals surface area contributed by atoms with E-state index in [1.807, 2.05) is 13.0 Å². The summed E-state index contributed by atoms with van der Waals surface area (Å²) in [6.45, 7) is 15.7. The molecule has 40 heavy (non-hydrogen) atoms. The van der Waals surface area contributed by atoms with E-state index in [1.54, 1.807) is 0 Å². The highest BCUT2D eigenvalue weighted by atomic mass is 16.5. The summed E-state index contributed by atoms with van der Waals surface area (Å²) in [5.41, 5.74) is -0.333. The zero-order valence-electron chi connectivity index (χ0n) is 25.7. The standard InChI is InChI=1S/C34H50O6/c1-29(2)24-10-13-34(7)27(32(24,5)12-11-25(29)40-26(37)9-8-18-35)23(36)19-21-22-20-31(4,28(38)39)15-14-30(22,3)16-17-33(21,34)6/h18-19,22,24-25,27H,8-17,20H2,1-7H3,(H,38,39)/t22-,24-,25-,27+,30+,31-,32-,33+,34+/m0/s1. The number of hydrogen-bond donors (Lipinski definition) is 1. The van der Waals surface area contributed by atoms with Crippen LogP contribution in [0.5, 0.6) is 0 Å². The van der Waals surface area contributed by atoms with Crippen LogP contribution in [0.15, 0.2) is 11.6 Å². The number of fused-ring (bicyclic) bond motifs is 7. The Morgan fingerprint density at radius 1 is 0.975 bits per heavy atom. The molecule has 6 nitrogen and oxygen atoms in total. The summed E-state index contributed by atoms with van der Waals surface area (Å²) in [5.74, 6) is -0.561. The van der Waals surface area contributed by atoms with Gasteiger partial charge in [-0.1, -0.05) is 47.1 Å². The first kappa shape index (κ1) is 29.5. The summed E-state index contributed by atoms with van der Waals surface area (Å²) in [4.78, 5) is 50.0. The van der Waals surface area contributed by atoms with Crippen LogP contribution in [0.3, 0.4) is 0 Å². The zero-order valence-corrected chi connectivity index (χ0v) is 25.7. The molecule has 6 heteroatoms. The van der Waals surface area contributed by atoms with Crippen LogP contribution < -0.4 is 0 Å². The Balaban J connectivity index is 1.51. The maximum atomic E-state index is 14.4. The molecule has 0 aliphatic heterocycles. The van der Waals surface area contributed by atoms with Gasteiger partial charge in [0.25, 0.3) is 0 Å². The second-order valence-electron chi connectivity index (χ2n) is 16.1. The van der Waals surface area contributed by atoms with Crippen LogP contribution in [-0.2, 0) is 23.9 Å². The molecule has 1 N–H and O–H groups in total. The van der Waals surface area contributed by atoms with E-state index in [4.69, 9.17) is 4.74 Å². The van der Waals surface area contributed by atoms with Gasteiger partial charge in [0.05, 0.1) is 11.8 Å². The molecular weight excluding hydrogens is 504 g/mol. The first-order valence-corrected chi connectivity index (χ1v) is 15.6. The number of carbonyl (C=O) groups excluding carboxylic acids is 3. The van der Waals surface area contributed by atoms with Gasteiger partial charge in [0, 0.05) is 17.8 Å². The molecule has 0 aromatic rings. The van der Waals surface area contributed by atoms with Gasteiger partial charge in [-0.25, -0.2) is 0 Å². The summed E-state index contributed by atoms with van der Waals surface area (Å²) < 4.78 is 5.96. The Kier molecular flexibility index (Phi) is 6.83. The molecular formula is C34H50O6. The first-order valence-electron chi connectivity index (χ1n) is 15.6. The number of carboxylic acids is 1. The summed E-state index contributed by atoms with van der Waals surface area (Å²) in [6, 6.07) is 0. The van der Waals surface area contributed by atoms with Crippen LogP contribution in [0.4, 0.5) is 0 Å². The van der Waals surface area contributed by atoms with E-state index < -0.39 is 11.4 Å². The van der Waals surface area contributed by atoms with Gasteiger partial charge >= 0.3 is 11.9 Å². The normalized spacial score (nSPS) is 47.5. The van der Waals surface area contributed by atoms with Crippen LogP contribution >= 0.6 is 0 Å². The third-order valence-electron chi connectivity index (χ3n) is 13.8. The van der Waals surface area contributed by atoms with Crippen molar-refractivity contribution in [3.63, 3.8) is 0 Å². The van der Waals surface area contributed by atoms with E-state index in [-0.39, 0.29) is 75.5 Å². The van der Waals surface area contributed by atoms with Gasteiger partial charge < -0.3 is 14.6 Å². The fraction of sp³-hybridized carbons (Fsp3) is 0.824. The SMILES string of the molecule is CC1(C)[C@@H](OC(=O)CCC=O)CC[C@]2(C)[C@H]3C(=O)C=C4[C@@H]5C[C@@](C)(C(=O)O)CC[C@]5(C)CC[C@@]4(C)[C@]3(C)CC[C@@H]12. The Bertz CT molecular complexity index is 1150. The summed E-state index contributed by atoms with van der Waals surface area (Å²) >= 11 is 0. The van der Waals surface area contributed by atoms with Gasteiger partial charge in [0.2, 0.25) is 0 Å². The lowest BCUT2D eigenvalue weighted by Gasteiger charge is -2.70. The fourth-order valence-corrected chi connectivity index (χ4v) is 11.0. The van der Waals surface area contributed by atoms with Crippen molar-refractivity contribution in [2.75, 3.05) is 0 Å². The topological polar surface area (TPSA) is 97.7 Å². The second kappa shape index (κ2) is 9.26. The van der Waals surface area contributed by atoms with Crippen molar-refractivity contribution in [2.24, 2.45) is 50.2 Å². The van der Waals surface area contributed by atoms with E-state index in [0.29, 0.717) is 12.8 Å². The number of esters is 1. The molecule has 0 saturated heterocycles. The second-order valence-corrected chi connectivity index (χ2v) is 16.1. The predicted octanol–water partition coefficient (Wildman–Crippen LogP) is 6.94. The molecule has 0 radical (unpaired) electrons. The van der Waals surface area contributed by atoms with E-state index >= 15 is 0 Å². The highest BCUT2D eigenvalue weighted by Crippen LogP contribution is 2.75. The van der Waals surface area contributed by atoms with Crippen molar-refractivity contribution >= 4 is 24.0 Å². The average Bonchev–Trinajstić information content (AvgIpc) is 2.86. The number of rotatable bonds is 5. The summed E-state index contributed by atoms with van der Waals surface area (Å²) in [5, 5.41) is 10.1. The third kappa shape index (κ3) is 3.93. The smallest absolute Gasteiger partial charge is 0.309 e.